The summed E-state index contributed by atoms with van der Waals surface area (Å²) in [6.07, 6.45) is 1.99. The summed E-state index contributed by atoms with van der Waals surface area (Å²) in [5, 5.41) is 19.7. The summed E-state index contributed by atoms with van der Waals surface area (Å²) in [5.74, 6) is -2.67. The Bertz CT molecular complexity index is 658. The fourth-order valence-corrected chi connectivity index (χ4v) is 1.75. The zero-order valence-electron chi connectivity index (χ0n) is 10.6. The molecule has 2 aromatic rings. The van der Waals surface area contributed by atoms with Gasteiger partial charge in [0.2, 0.25) is 0 Å². The molecule has 0 aliphatic heterocycles. The summed E-state index contributed by atoms with van der Waals surface area (Å²) in [6.45, 7) is 0. The number of rotatable bonds is 5. The first kappa shape index (κ1) is 14.5. The van der Waals surface area contributed by atoms with Crippen LogP contribution in [0.3, 0.4) is 0 Å². The number of carbonyl (C=O) groups is 1. The molecule has 1 atom stereocenters. The lowest BCUT2D eigenvalue weighted by Crippen LogP contribution is -2.17. The Labute approximate surface area is 118 Å². The number of carboxylic acid groups (broad SMARTS) is 1. The third-order valence-electron chi connectivity index (χ3n) is 2.83. The molecule has 1 aromatic heterocycles. The number of hydrogen-bond acceptors (Lipinski definition) is 5. The molecule has 1 unspecified atom stereocenters. The Balaban J connectivity index is 2.24. The smallest absolute Gasteiger partial charge is 0.314 e. The van der Waals surface area contributed by atoms with Gasteiger partial charge >= 0.3 is 11.7 Å². The van der Waals surface area contributed by atoms with Gasteiger partial charge in [-0.3, -0.25) is 14.9 Å². The molecule has 0 aliphatic rings. The zero-order chi connectivity index (χ0) is 15.4. The van der Waals surface area contributed by atoms with Gasteiger partial charge in [0.15, 0.2) is 0 Å². The molecule has 0 fully saturated rings. The van der Waals surface area contributed by atoms with Crippen LogP contribution < -0.4 is 0 Å². The Morgan fingerprint density at radius 2 is 1.86 bits per heavy atom. The van der Waals surface area contributed by atoms with Gasteiger partial charge in [-0.15, -0.1) is 0 Å². The van der Waals surface area contributed by atoms with Crippen molar-refractivity contribution >= 4 is 11.7 Å². The molecule has 1 aromatic carbocycles. The van der Waals surface area contributed by atoms with Crippen LogP contribution in [0.2, 0.25) is 0 Å². The molecular weight excluding hydrogens is 281 g/mol. The minimum Gasteiger partial charge on any atom is -0.481 e. The van der Waals surface area contributed by atoms with E-state index in [-0.39, 0.29) is 17.9 Å². The highest BCUT2D eigenvalue weighted by atomic mass is 19.1. The first-order valence-electron chi connectivity index (χ1n) is 5.91. The lowest BCUT2D eigenvalue weighted by atomic mass is 9.98. The van der Waals surface area contributed by atoms with Gasteiger partial charge < -0.3 is 5.11 Å². The number of hydrogen-bond donors (Lipinski definition) is 1. The van der Waals surface area contributed by atoms with Crippen LogP contribution in [0.15, 0.2) is 36.7 Å². The minimum atomic E-state index is -1.16. The zero-order valence-corrected chi connectivity index (χ0v) is 10.6. The Morgan fingerprint density at radius 3 is 2.33 bits per heavy atom. The van der Waals surface area contributed by atoms with Crippen molar-refractivity contribution in [2.24, 2.45) is 0 Å². The highest BCUT2D eigenvalue weighted by Crippen LogP contribution is 2.19. The maximum atomic E-state index is 12.8. The van der Waals surface area contributed by atoms with Crippen LogP contribution in [0, 0.1) is 15.9 Å². The van der Waals surface area contributed by atoms with Crippen LogP contribution in [0.25, 0.3) is 0 Å². The highest BCUT2D eigenvalue weighted by Gasteiger charge is 2.24. The molecule has 1 N–H and O–H groups in total. The summed E-state index contributed by atoms with van der Waals surface area (Å²) in [6, 6.07) is 5.39. The van der Waals surface area contributed by atoms with Gasteiger partial charge in [-0.05, 0) is 24.1 Å². The van der Waals surface area contributed by atoms with Gasteiger partial charge in [0, 0.05) is 0 Å². The average molecular weight is 291 g/mol. The molecule has 0 aliphatic carbocycles. The van der Waals surface area contributed by atoms with Crippen LogP contribution in [0.5, 0.6) is 0 Å². The van der Waals surface area contributed by atoms with E-state index < -0.39 is 22.6 Å². The second-order valence-corrected chi connectivity index (χ2v) is 4.28. The Kier molecular flexibility index (Phi) is 4.17. The first-order chi connectivity index (χ1) is 9.97. The highest BCUT2D eigenvalue weighted by molar-refractivity contribution is 5.75. The molecule has 0 radical (unpaired) electrons. The molecular formula is C13H10FN3O4. The predicted molar refractivity (Wildman–Crippen MR) is 69.2 cm³/mol. The Morgan fingerprint density at radius 1 is 1.29 bits per heavy atom. The lowest BCUT2D eigenvalue weighted by Gasteiger charge is -2.10. The van der Waals surface area contributed by atoms with Crippen LogP contribution in [-0.4, -0.2) is 26.0 Å². The number of halogens is 1. The van der Waals surface area contributed by atoms with Crippen molar-refractivity contribution in [3.63, 3.8) is 0 Å². The van der Waals surface area contributed by atoms with Crippen molar-refractivity contribution in [2.75, 3.05) is 0 Å². The SMILES string of the molecule is O=C(O)C(Cc1ccc(F)cc1)c1ncc([N+](=O)[O-])cn1. The van der Waals surface area contributed by atoms with E-state index in [1.807, 2.05) is 0 Å². The fraction of sp³-hybridized carbons (Fsp3) is 0.154. The molecule has 8 heteroatoms. The van der Waals surface area contributed by atoms with Gasteiger partial charge in [-0.2, -0.15) is 0 Å². The summed E-state index contributed by atoms with van der Waals surface area (Å²) < 4.78 is 12.8. The largest absolute Gasteiger partial charge is 0.481 e. The molecule has 0 saturated heterocycles. The van der Waals surface area contributed by atoms with Gasteiger partial charge in [0.05, 0.1) is 4.92 Å². The number of carboxylic acids is 1. The van der Waals surface area contributed by atoms with Crippen molar-refractivity contribution in [3.05, 3.63) is 64.0 Å². The van der Waals surface area contributed by atoms with Gasteiger partial charge in [0.1, 0.15) is 30.0 Å². The van der Waals surface area contributed by atoms with Gasteiger partial charge in [0.25, 0.3) is 0 Å². The van der Waals surface area contributed by atoms with E-state index in [1.165, 1.54) is 24.3 Å². The lowest BCUT2D eigenvalue weighted by molar-refractivity contribution is -0.385. The third kappa shape index (κ3) is 3.56. The summed E-state index contributed by atoms with van der Waals surface area (Å²) >= 11 is 0. The molecule has 0 spiro atoms. The van der Waals surface area contributed by atoms with E-state index in [4.69, 9.17) is 0 Å². The van der Waals surface area contributed by atoms with E-state index in [0.717, 1.165) is 12.4 Å². The Hall–Kier alpha value is -2.90. The number of nitrogens with zero attached hydrogens (tertiary/aromatic N) is 3. The maximum Gasteiger partial charge on any atom is 0.314 e. The molecule has 0 saturated carbocycles. The van der Waals surface area contributed by atoms with Crippen molar-refractivity contribution < 1.29 is 19.2 Å². The fourth-order valence-electron chi connectivity index (χ4n) is 1.75. The van der Waals surface area contributed by atoms with E-state index >= 15 is 0 Å². The first-order valence-corrected chi connectivity index (χ1v) is 5.91. The van der Waals surface area contributed by atoms with Crippen molar-refractivity contribution in [3.8, 4) is 0 Å². The average Bonchev–Trinajstić information content (AvgIpc) is 2.46. The van der Waals surface area contributed by atoms with E-state index in [1.54, 1.807) is 0 Å². The summed E-state index contributed by atoms with van der Waals surface area (Å²) in [7, 11) is 0. The molecule has 7 nitrogen and oxygen atoms in total. The maximum absolute atomic E-state index is 12.8. The molecule has 108 valence electrons. The van der Waals surface area contributed by atoms with Crippen LogP contribution >= 0.6 is 0 Å². The number of benzene rings is 1. The van der Waals surface area contributed by atoms with Crippen LogP contribution in [0.1, 0.15) is 17.3 Å². The normalized spacial score (nSPS) is 11.9. The quantitative estimate of drug-likeness (QED) is 0.666. The van der Waals surface area contributed by atoms with Crippen LogP contribution in [-0.2, 0) is 11.2 Å². The van der Waals surface area contributed by atoms with E-state index in [0.29, 0.717) is 5.56 Å². The van der Waals surface area contributed by atoms with Gasteiger partial charge in [-0.1, -0.05) is 12.1 Å². The standard InChI is InChI=1S/C13H10FN3O4/c14-9-3-1-8(2-4-9)5-11(13(18)19)12-15-6-10(7-16-12)17(20)21/h1-4,6-7,11H,5H2,(H,18,19). The van der Waals surface area contributed by atoms with Crippen molar-refractivity contribution in [1.82, 2.24) is 9.97 Å². The molecule has 1 heterocycles. The van der Waals surface area contributed by atoms with Crippen molar-refractivity contribution in [2.45, 2.75) is 12.3 Å². The monoisotopic (exact) mass is 291 g/mol. The molecule has 0 bridgehead atoms. The molecule has 2 rings (SSSR count). The minimum absolute atomic E-state index is 0.0302. The topological polar surface area (TPSA) is 106 Å². The van der Waals surface area contributed by atoms with E-state index in [9.17, 15) is 24.4 Å². The molecule has 21 heavy (non-hydrogen) atoms. The van der Waals surface area contributed by atoms with Gasteiger partial charge in [-0.25, -0.2) is 14.4 Å². The number of nitro groups is 1. The second-order valence-electron chi connectivity index (χ2n) is 4.28. The molecule has 0 amide bonds. The number of aromatic nitrogens is 2. The van der Waals surface area contributed by atoms with E-state index in [2.05, 4.69) is 9.97 Å². The van der Waals surface area contributed by atoms with Crippen LogP contribution in [0.4, 0.5) is 10.1 Å². The summed E-state index contributed by atoms with van der Waals surface area (Å²) in [4.78, 5) is 28.6. The second kappa shape index (κ2) is 6.04. The number of aliphatic carboxylic acids is 1. The summed E-state index contributed by atoms with van der Waals surface area (Å²) in [5.41, 5.74) is 0.287. The predicted octanol–water partition coefficient (Wildman–Crippen LogP) is 1.93. The van der Waals surface area contributed by atoms with Crippen molar-refractivity contribution in [1.29, 1.82) is 0 Å². The third-order valence-corrected chi connectivity index (χ3v) is 2.83.